The number of alkyl halides is 2. The van der Waals surface area contributed by atoms with Crippen molar-refractivity contribution in [3.05, 3.63) is 17.5 Å². The Morgan fingerprint density at radius 3 is 2.69 bits per heavy atom. The number of rotatable bonds is 4. The minimum Gasteiger partial charge on any atom is -0.477 e. The molecule has 1 aromatic heterocycles. The molecule has 0 aliphatic carbocycles. The van der Waals surface area contributed by atoms with E-state index in [0.29, 0.717) is 6.42 Å². The summed E-state index contributed by atoms with van der Waals surface area (Å²) in [5.74, 6) is -6.57. The van der Waals surface area contributed by atoms with Crippen molar-refractivity contribution in [2.45, 2.75) is 25.4 Å². The van der Waals surface area contributed by atoms with Gasteiger partial charge in [0.15, 0.2) is 6.10 Å². The van der Waals surface area contributed by atoms with E-state index in [0.717, 1.165) is 0 Å². The average Bonchev–Trinajstić information content (AvgIpc) is 2.57. The van der Waals surface area contributed by atoms with Crippen molar-refractivity contribution < 1.29 is 23.8 Å². The molecular formula is C9H12F2N2O3. The van der Waals surface area contributed by atoms with Gasteiger partial charge < -0.3 is 10.2 Å². The summed E-state index contributed by atoms with van der Waals surface area (Å²) in [5, 5.41) is 21.5. The monoisotopic (exact) mass is 234 g/mol. The minimum atomic E-state index is -4.22. The van der Waals surface area contributed by atoms with Gasteiger partial charge in [0.1, 0.15) is 0 Å². The first-order chi connectivity index (χ1) is 7.30. The van der Waals surface area contributed by atoms with Gasteiger partial charge in [-0.2, -0.15) is 13.9 Å². The number of aromatic nitrogens is 2. The van der Waals surface area contributed by atoms with Crippen LogP contribution in [0.5, 0.6) is 0 Å². The van der Waals surface area contributed by atoms with E-state index in [-0.39, 0.29) is 11.3 Å². The van der Waals surface area contributed by atoms with Crippen molar-refractivity contribution in [2.75, 3.05) is 0 Å². The second-order valence-corrected chi connectivity index (χ2v) is 3.39. The van der Waals surface area contributed by atoms with E-state index < -0.39 is 18.0 Å². The first-order valence-electron chi connectivity index (χ1n) is 4.62. The maximum absolute atomic E-state index is 13.1. The number of carboxylic acids is 1. The van der Waals surface area contributed by atoms with Crippen molar-refractivity contribution in [2.24, 2.45) is 7.05 Å². The fraction of sp³-hybridized carbons (Fsp3) is 0.556. The maximum Gasteiger partial charge on any atom is 0.377 e. The van der Waals surface area contributed by atoms with E-state index in [9.17, 15) is 18.7 Å². The summed E-state index contributed by atoms with van der Waals surface area (Å²) < 4.78 is 27.4. The van der Waals surface area contributed by atoms with Crippen LogP contribution in [-0.2, 0) is 18.3 Å². The lowest BCUT2D eigenvalue weighted by Gasteiger charge is -2.17. The molecule has 1 heterocycles. The van der Waals surface area contributed by atoms with Gasteiger partial charge in [-0.15, -0.1) is 0 Å². The van der Waals surface area contributed by atoms with E-state index in [2.05, 4.69) is 5.10 Å². The zero-order valence-electron chi connectivity index (χ0n) is 8.81. The summed E-state index contributed by atoms with van der Waals surface area (Å²) in [4.78, 5) is 10.3. The van der Waals surface area contributed by atoms with Crippen LogP contribution in [0, 0.1) is 0 Å². The van der Waals surface area contributed by atoms with E-state index in [1.54, 1.807) is 6.92 Å². The first kappa shape index (κ1) is 12.6. The van der Waals surface area contributed by atoms with Gasteiger partial charge in [0.25, 0.3) is 0 Å². The molecule has 0 aliphatic rings. The Morgan fingerprint density at radius 1 is 1.69 bits per heavy atom. The molecule has 0 aliphatic heterocycles. The topological polar surface area (TPSA) is 75.3 Å². The summed E-state index contributed by atoms with van der Waals surface area (Å²) in [7, 11) is 1.51. The number of halogens is 2. The van der Waals surface area contributed by atoms with Crippen molar-refractivity contribution in [1.29, 1.82) is 0 Å². The molecule has 90 valence electrons. The summed E-state index contributed by atoms with van der Waals surface area (Å²) in [5.41, 5.74) is 0.105. The molecule has 0 amide bonds. The molecule has 1 unspecified atom stereocenters. The highest BCUT2D eigenvalue weighted by Gasteiger charge is 2.48. The lowest BCUT2D eigenvalue weighted by atomic mass is 10.0. The molecule has 0 saturated carbocycles. The molecule has 1 atom stereocenters. The Kier molecular flexibility index (Phi) is 3.27. The Labute approximate surface area is 90.3 Å². The number of hydrogen-bond donors (Lipinski definition) is 2. The zero-order chi connectivity index (χ0) is 12.5. The molecule has 7 heteroatoms. The maximum atomic E-state index is 13.1. The number of aliphatic hydroxyl groups excluding tert-OH is 1. The molecule has 0 aromatic carbocycles. The smallest absolute Gasteiger partial charge is 0.377 e. The number of carbonyl (C=O) groups is 1. The normalized spacial score (nSPS) is 13.8. The predicted octanol–water partition coefficient (Wildman–Crippen LogP) is 0.736. The Morgan fingerprint density at radius 2 is 2.25 bits per heavy atom. The van der Waals surface area contributed by atoms with Crippen LogP contribution in [0.2, 0.25) is 0 Å². The average molecular weight is 234 g/mol. The second kappa shape index (κ2) is 4.17. The number of aliphatic carboxylic acids is 1. The number of aliphatic hydroxyl groups is 1. The molecule has 16 heavy (non-hydrogen) atoms. The van der Waals surface area contributed by atoms with Gasteiger partial charge in [-0.05, 0) is 6.42 Å². The molecule has 2 N–H and O–H groups in total. The van der Waals surface area contributed by atoms with Gasteiger partial charge in [-0.25, -0.2) is 4.79 Å². The molecule has 0 radical (unpaired) electrons. The Bertz CT molecular complexity index is 403. The van der Waals surface area contributed by atoms with Crippen LogP contribution in [0.15, 0.2) is 6.20 Å². The van der Waals surface area contributed by atoms with Crippen LogP contribution >= 0.6 is 0 Å². The summed E-state index contributed by atoms with van der Waals surface area (Å²) in [6.07, 6.45) is -0.850. The lowest BCUT2D eigenvalue weighted by molar-refractivity contribution is -0.183. The fourth-order valence-corrected chi connectivity index (χ4v) is 1.37. The van der Waals surface area contributed by atoms with Crippen LogP contribution in [-0.4, -0.2) is 31.9 Å². The van der Waals surface area contributed by atoms with Gasteiger partial charge in [-0.1, -0.05) is 6.92 Å². The SMILES string of the molecule is CCc1nn(C)cc1C(O)C(F)(F)C(=O)O. The highest BCUT2D eigenvalue weighted by molar-refractivity contribution is 5.76. The van der Waals surface area contributed by atoms with Crippen LogP contribution in [0.1, 0.15) is 24.3 Å². The van der Waals surface area contributed by atoms with Crippen LogP contribution in [0.3, 0.4) is 0 Å². The van der Waals surface area contributed by atoms with Crippen LogP contribution < -0.4 is 0 Å². The zero-order valence-corrected chi connectivity index (χ0v) is 8.81. The number of carboxylic acid groups (broad SMARTS) is 1. The third-order valence-corrected chi connectivity index (χ3v) is 2.20. The highest BCUT2D eigenvalue weighted by atomic mass is 19.3. The molecule has 0 bridgehead atoms. The molecule has 0 fully saturated rings. The fourth-order valence-electron chi connectivity index (χ4n) is 1.37. The van der Waals surface area contributed by atoms with Gasteiger partial charge in [0.2, 0.25) is 0 Å². The van der Waals surface area contributed by atoms with E-state index in [1.807, 2.05) is 0 Å². The van der Waals surface area contributed by atoms with Crippen molar-refractivity contribution in [1.82, 2.24) is 9.78 Å². The third kappa shape index (κ3) is 2.04. The van der Waals surface area contributed by atoms with Crippen molar-refractivity contribution >= 4 is 5.97 Å². The molecular weight excluding hydrogens is 222 g/mol. The number of nitrogens with zero attached hydrogens (tertiary/aromatic N) is 2. The molecule has 0 spiro atoms. The largest absolute Gasteiger partial charge is 0.477 e. The minimum absolute atomic E-state index is 0.155. The van der Waals surface area contributed by atoms with Gasteiger partial charge in [0, 0.05) is 18.8 Å². The quantitative estimate of drug-likeness (QED) is 0.805. The Hall–Kier alpha value is -1.50. The van der Waals surface area contributed by atoms with Crippen molar-refractivity contribution in [3.63, 3.8) is 0 Å². The molecule has 5 nitrogen and oxygen atoms in total. The number of aryl methyl sites for hydroxylation is 2. The standard InChI is InChI=1S/C9H12F2N2O3/c1-3-6-5(4-13(2)12-6)7(14)9(10,11)8(15)16/h4,7,14H,3H2,1-2H3,(H,15,16). The van der Waals surface area contributed by atoms with E-state index >= 15 is 0 Å². The van der Waals surface area contributed by atoms with Gasteiger partial charge >= 0.3 is 11.9 Å². The summed E-state index contributed by atoms with van der Waals surface area (Å²) in [6.45, 7) is 1.68. The molecule has 1 aromatic rings. The lowest BCUT2D eigenvalue weighted by Crippen LogP contribution is -2.35. The predicted molar refractivity (Wildman–Crippen MR) is 50.1 cm³/mol. The van der Waals surface area contributed by atoms with Crippen LogP contribution in [0.4, 0.5) is 8.78 Å². The summed E-state index contributed by atoms with van der Waals surface area (Å²) >= 11 is 0. The third-order valence-electron chi connectivity index (χ3n) is 2.20. The molecule has 1 rings (SSSR count). The van der Waals surface area contributed by atoms with Crippen molar-refractivity contribution in [3.8, 4) is 0 Å². The molecule has 0 saturated heterocycles. The Balaban J connectivity index is 3.13. The van der Waals surface area contributed by atoms with Crippen LogP contribution in [0.25, 0.3) is 0 Å². The van der Waals surface area contributed by atoms with Gasteiger partial charge in [0.05, 0.1) is 5.69 Å². The first-order valence-corrected chi connectivity index (χ1v) is 4.62. The highest BCUT2D eigenvalue weighted by Crippen LogP contribution is 2.33. The van der Waals surface area contributed by atoms with Gasteiger partial charge in [-0.3, -0.25) is 4.68 Å². The van der Waals surface area contributed by atoms with E-state index in [4.69, 9.17) is 5.11 Å². The van der Waals surface area contributed by atoms with E-state index in [1.165, 1.54) is 17.9 Å². The summed E-state index contributed by atoms with van der Waals surface area (Å²) in [6, 6.07) is 0. The number of hydrogen-bond acceptors (Lipinski definition) is 3. The second-order valence-electron chi connectivity index (χ2n) is 3.39.